The van der Waals surface area contributed by atoms with Gasteiger partial charge in [-0.15, -0.1) is 11.8 Å². The van der Waals surface area contributed by atoms with Crippen LogP contribution in [-0.2, 0) is 4.79 Å². The highest BCUT2D eigenvalue weighted by molar-refractivity contribution is 8.00. The quantitative estimate of drug-likeness (QED) is 0.508. The first-order valence-corrected chi connectivity index (χ1v) is 11.5. The Morgan fingerprint density at radius 2 is 2.00 bits per heavy atom. The van der Waals surface area contributed by atoms with E-state index in [9.17, 15) is 4.79 Å². The lowest BCUT2D eigenvalue weighted by Gasteiger charge is -2.22. The number of anilines is 1. The molecule has 0 N–H and O–H groups in total. The molecule has 1 aliphatic heterocycles. The molecule has 2 aromatic carbocycles. The maximum atomic E-state index is 13.1. The number of carbonyl (C=O) groups is 1. The first-order valence-electron chi connectivity index (χ1n) is 9.59. The largest absolute Gasteiger partial charge is 0.311 e. The number of aromatic nitrogens is 1. The number of carbonyl (C=O) groups excluding carboxylic acids is 1. The lowest BCUT2D eigenvalue weighted by atomic mass is 10.1. The summed E-state index contributed by atoms with van der Waals surface area (Å²) in [5.41, 5.74) is 4.44. The molecule has 0 fully saturated rings. The van der Waals surface area contributed by atoms with E-state index in [4.69, 9.17) is 4.98 Å². The number of thioether (sulfide) groups is 2. The first kappa shape index (κ1) is 19.3. The van der Waals surface area contributed by atoms with Crippen LogP contribution in [0, 0.1) is 13.8 Å². The van der Waals surface area contributed by atoms with E-state index in [1.165, 1.54) is 33.2 Å². The Morgan fingerprint density at radius 1 is 1.18 bits per heavy atom. The van der Waals surface area contributed by atoms with Crippen LogP contribution in [0.4, 0.5) is 5.69 Å². The van der Waals surface area contributed by atoms with Crippen molar-refractivity contribution in [2.45, 2.75) is 42.4 Å². The Morgan fingerprint density at radius 3 is 2.86 bits per heavy atom. The van der Waals surface area contributed by atoms with Gasteiger partial charge in [0.15, 0.2) is 0 Å². The minimum atomic E-state index is 0.150. The van der Waals surface area contributed by atoms with Gasteiger partial charge < -0.3 is 4.90 Å². The van der Waals surface area contributed by atoms with Crippen LogP contribution >= 0.6 is 23.5 Å². The summed E-state index contributed by atoms with van der Waals surface area (Å²) >= 11 is 3.39. The second-order valence-electron chi connectivity index (χ2n) is 7.27. The highest BCUT2D eigenvalue weighted by Crippen LogP contribution is 2.37. The topological polar surface area (TPSA) is 33.2 Å². The summed E-state index contributed by atoms with van der Waals surface area (Å²) in [5, 5.41) is 2.61. The van der Waals surface area contributed by atoms with Crippen LogP contribution in [0.25, 0.3) is 10.9 Å². The molecule has 1 atom stereocenters. The fraction of sp³-hybridized carbons (Fsp3) is 0.304. The van der Waals surface area contributed by atoms with Gasteiger partial charge in [-0.1, -0.05) is 49.0 Å². The molecular weight excluding hydrogens is 384 g/mol. The molecule has 1 aromatic heterocycles. The number of pyridine rings is 1. The van der Waals surface area contributed by atoms with Crippen LogP contribution in [0.5, 0.6) is 0 Å². The Kier molecular flexibility index (Phi) is 5.65. The number of para-hydroxylation sites is 2. The second-order valence-corrected chi connectivity index (χ2v) is 9.74. The third-order valence-electron chi connectivity index (χ3n) is 5.11. The number of benzene rings is 2. The number of hydrogen-bond donors (Lipinski definition) is 0. The number of nitrogens with zero attached hydrogens (tertiary/aromatic N) is 2. The summed E-state index contributed by atoms with van der Waals surface area (Å²) in [6.07, 6.45) is 1.00. The van der Waals surface area contributed by atoms with Gasteiger partial charge >= 0.3 is 0 Å². The zero-order valence-electron chi connectivity index (χ0n) is 16.4. The van der Waals surface area contributed by atoms with Gasteiger partial charge in [0.25, 0.3) is 0 Å². The molecule has 28 heavy (non-hydrogen) atoms. The molecule has 3 aromatic rings. The van der Waals surface area contributed by atoms with Gasteiger partial charge in [-0.25, -0.2) is 4.98 Å². The number of amides is 1. The van der Waals surface area contributed by atoms with Crippen LogP contribution in [0.1, 0.15) is 24.5 Å². The van der Waals surface area contributed by atoms with Crippen LogP contribution in [-0.4, -0.2) is 28.4 Å². The third-order valence-corrected chi connectivity index (χ3v) is 7.25. The molecule has 144 valence electrons. The third kappa shape index (κ3) is 3.91. The molecule has 1 amide bonds. The van der Waals surface area contributed by atoms with Gasteiger partial charge in [0.1, 0.15) is 0 Å². The standard InChI is InChI=1S/C23H24N2OS2/c1-15-7-6-8-18-16(2)13-21(24-23(15)18)27-14-22(26)25-12-11-17(3)28-20-10-5-4-9-19(20)25/h4-10,13,17H,11-12,14H2,1-3H3/t17-/m0/s1. The molecule has 0 radical (unpaired) electrons. The van der Waals surface area contributed by atoms with Crippen molar-refractivity contribution in [2.24, 2.45) is 0 Å². The summed E-state index contributed by atoms with van der Waals surface area (Å²) in [7, 11) is 0. The number of rotatable bonds is 3. The van der Waals surface area contributed by atoms with E-state index >= 15 is 0 Å². The van der Waals surface area contributed by atoms with Crippen LogP contribution < -0.4 is 4.90 Å². The lowest BCUT2D eigenvalue weighted by molar-refractivity contribution is -0.116. The van der Waals surface area contributed by atoms with E-state index < -0.39 is 0 Å². The smallest absolute Gasteiger partial charge is 0.237 e. The minimum Gasteiger partial charge on any atom is -0.311 e. The van der Waals surface area contributed by atoms with E-state index in [0.717, 1.165) is 29.2 Å². The van der Waals surface area contributed by atoms with E-state index in [0.29, 0.717) is 11.0 Å². The predicted octanol–water partition coefficient (Wildman–Crippen LogP) is 5.86. The normalized spacial score (nSPS) is 16.7. The van der Waals surface area contributed by atoms with Crippen molar-refractivity contribution >= 4 is 46.0 Å². The Bertz CT molecular complexity index is 1030. The Balaban J connectivity index is 1.55. The maximum Gasteiger partial charge on any atom is 0.237 e. The molecule has 0 aliphatic carbocycles. The average Bonchev–Trinajstić information content (AvgIpc) is 2.85. The SMILES string of the molecule is Cc1cc(SCC(=O)N2CC[C@H](C)Sc3ccccc32)nc2c(C)cccc12. The van der Waals surface area contributed by atoms with Gasteiger partial charge in [0, 0.05) is 22.1 Å². The Labute approximate surface area is 174 Å². The zero-order chi connectivity index (χ0) is 19.7. The van der Waals surface area contributed by atoms with E-state index in [1.54, 1.807) is 0 Å². The van der Waals surface area contributed by atoms with Crippen molar-refractivity contribution in [3.8, 4) is 0 Å². The minimum absolute atomic E-state index is 0.150. The lowest BCUT2D eigenvalue weighted by Crippen LogP contribution is -2.33. The second kappa shape index (κ2) is 8.18. The molecule has 4 rings (SSSR count). The summed E-state index contributed by atoms with van der Waals surface area (Å²) < 4.78 is 0. The van der Waals surface area contributed by atoms with E-state index in [-0.39, 0.29) is 5.91 Å². The molecule has 0 saturated carbocycles. The van der Waals surface area contributed by atoms with Gasteiger partial charge in [0.2, 0.25) is 5.91 Å². The summed E-state index contributed by atoms with van der Waals surface area (Å²) in [6, 6.07) is 16.6. The van der Waals surface area contributed by atoms with Crippen LogP contribution in [0.3, 0.4) is 0 Å². The fourth-order valence-electron chi connectivity index (χ4n) is 3.56. The van der Waals surface area contributed by atoms with Crippen molar-refractivity contribution in [2.75, 3.05) is 17.2 Å². The monoisotopic (exact) mass is 408 g/mol. The molecule has 2 heterocycles. The fourth-order valence-corrected chi connectivity index (χ4v) is 5.52. The molecule has 5 heteroatoms. The van der Waals surface area contributed by atoms with Crippen molar-refractivity contribution < 1.29 is 4.79 Å². The summed E-state index contributed by atoms with van der Waals surface area (Å²) in [6.45, 7) is 7.20. The van der Waals surface area contributed by atoms with E-state index in [1.807, 2.05) is 28.8 Å². The molecule has 0 bridgehead atoms. The molecule has 3 nitrogen and oxygen atoms in total. The van der Waals surface area contributed by atoms with Gasteiger partial charge in [-0.3, -0.25) is 4.79 Å². The number of aryl methyl sites for hydroxylation is 2. The van der Waals surface area contributed by atoms with Crippen molar-refractivity contribution in [1.29, 1.82) is 0 Å². The molecule has 0 unspecified atom stereocenters. The van der Waals surface area contributed by atoms with Crippen LogP contribution in [0.15, 0.2) is 58.5 Å². The number of hydrogen-bond acceptors (Lipinski definition) is 4. The Hall–Kier alpha value is -1.98. The summed E-state index contributed by atoms with van der Waals surface area (Å²) in [4.78, 5) is 21.0. The van der Waals surface area contributed by atoms with Crippen molar-refractivity contribution in [3.05, 3.63) is 59.7 Å². The molecular formula is C23H24N2OS2. The van der Waals surface area contributed by atoms with Crippen molar-refractivity contribution in [1.82, 2.24) is 4.98 Å². The zero-order valence-corrected chi connectivity index (χ0v) is 18.1. The van der Waals surface area contributed by atoms with E-state index in [2.05, 4.69) is 57.2 Å². The highest BCUT2D eigenvalue weighted by Gasteiger charge is 2.24. The average molecular weight is 409 g/mol. The summed E-state index contributed by atoms with van der Waals surface area (Å²) in [5.74, 6) is 0.550. The molecule has 0 saturated heterocycles. The van der Waals surface area contributed by atoms with Gasteiger partial charge in [-0.2, -0.15) is 0 Å². The van der Waals surface area contributed by atoms with Gasteiger partial charge in [-0.05, 0) is 49.6 Å². The van der Waals surface area contributed by atoms with Crippen molar-refractivity contribution in [3.63, 3.8) is 0 Å². The van der Waals surface area contributed by atoms with Crippen LogP contribution in [0.2, 0.25) is 0 Å². The highest BCUT2D eigenvalue weighted by atomic mass is 32.2. The maximum absolute atomic E-state index is 13.1. The van der Waals surface area contributed by atoms with Gasteiger partial charge in [0.05, 0.1) is 22.0 Å². The first-order chi connectivity index (χ1) is 13.5. The molecule has 0 spiro atoms. The molecule has 1 aliphatic rings. The predicted molar refractivity (Wildman–Crippen MR) is 121 cm³/mol. The number of fused-ring (bicyclic) bond motifs is 2.